The molecule has 1 saturated heterocycles. The van der Waals surface area contributed by atoms with Gasteiger partial charge in [-0.1, -0.05) is 15.9 Å². The van der Waals surface area contributed by atoms with Crippen molar-refractivity contribution >= 4 is 23.1 Å². The van der Waals surface area contributed by atoms with Crippen molar-refractivity contribution in [2.75, 3.05) is 0 Å². The van der Waals surface area contributed by atoms with Crippen LogP contribution in [-0.4, -0.2) is 29.4 Å². The first-order valence-corrected chi connectivity index (χ1v) is 14.3. The van der Waals surface area contributed by atoms with Gasteiger partial charge in [-0.2, -0.15) is 92.8 Å². The predicted molar refractivity (Wildman–Crippen MR) is 142 cm³/mol. The Hall–Kier alpha value is -3.44. The van der Waals surface area contributed by atoms with Crippen LogP contribution in [0.2, 0.25) is 0 Å². The molecule has 16 bridgehead atoms. The van der Waals surface area contributed by atoms with Crippen LogP contribution in [-0.2, 0) is 24.7 Å². The number of hydrogen-bond acceptors (Lipinski definition) is 7. The molecule has 0 spiro atoms. The molecule has 3 aromatic rings. The van der Waals surface area contributed by atoms with Crippen molar-refractivity contribution in [2.45, 2.75) is 18.5 Å². The average molecular weight is 705 g/mol. The molecule has 1 radical (unpaired) electrons. The molecule has 0 aliphatic carbocycles. The minimum absolute atomic E-state index is 0. The van der Waals surface area contributed by atoms with Gasteiger partial charge in [-0.15, -0.1) is 16.7 Å². The second-order valence-corrected chi connectivity index (χ2v) is 12.8. The van der Waals surface area contributed by atoms with Crippen molar-refractivity contribution in [1.29, 1.82) is 0 Å². The second kappa shape index (κ2) is 8.28. The Morgan fingerprint density at radius 1 is 0.513 bits per heavy atom. The molecule has 1 fully saturated rings. The molecule has 7 aliphatic rings. The van der Waals surface area contributed by atoms with E-state index in [0.717, 1.165) is 16.7 Å². The van der Waals surface area contributed by atoms with Gasteiger partial charge in [-0.05, 0) is 37.2 Å². The largest absolute Gasteiger partial charge is 0.490 e. The molecule has 7 heterocycles. The summed E-state index contributed by atoms with van der Waals surface area (Å²) in [5, 5.41) is 2.00. The molecule has 0 aromatic heterocycles. The zero-order valence-electron chi connectivity index (χ0n) is 20.5. The van der Waals surface area contributed by atoms with Crippen LogP contribution in [0.25, 0.3) is 0 Å². The third-order valence-corrected chi connectivity index (χ3v) is 10.8. The van der Waals surface area contributed by atoms with Gasteiger partial charge in [0, 0.05) is 20.1 Å². The SMILES string of the molecule is O=P12c3[c-]c(ccc3)C3N4C=CN([CH-]4)C(c4[c-]c1ccc4)N1C=CN([CH-]1)C(c1[c-]c2ccc1)N1C=CN3[CH-]1.[Ir]. The first kappa shape index (κ1) is 23.4. The number of benzene rings is 3. The van der Waals surface area contributed by atoms with Gasteiger partial charge in [0.1, 0.15) is 7.14 Å². The summed E-state index contributed by atoms with van der Waals surface area (Å²) < 4.78 is 15.6. The van der Waals surface area contributed by atoms with Gasteiger partial charge < -0.3 is 34.0 Å². The Kier molecular flexibility index (Phi) is 4.98. The van der Waals surface area contributed by atoms with Crippen molar-refractivity contribution < 1.29 is 24.7 Å². The van der Waals surface area contributed by atoms with Gasteiger partial charge in [0.25, 0.3) is 0 Å². The zero-order chi connectivity index (χ0) is 25.0. The van der Waals surface area contributed by atoms with E-state index < -0.39 is 7.14 Å². The zero-order valence-corrected chi connectivity index (χ0v) is 23.8. The molecule has 197 valence electrons. The van der Waals surface area contributed by atoms with E-state index in [1.165, 1.54) is 0 Å². The third kappa shape index (κ3) is 3.17. The van der Waals surface area contributed by atoms with Crippen LogP contribution in [0.1, 0.15) is 35.2 Å². The molecule has 0 atom stereocenters. The first-order valence-electron chi connectivity index (χ1n) is 12.6. The maximum absolute atomic E-state index is 15.6. The molecule has 10 rings (SSSR count). The Morgan fingerprint density at radius 2 is 0.795 bits per heavy atom. The summed E-state index contributed by atoms with van der Waals surface area (Å²) in [6.45, 7) is 6.40. The van der Waals surface area contributed by atoms with Crippen LogP contribution in [0.3, 0.4) is 0 Å². The summed E-state index contributed by atoms with van der Waals surface area (Å²) in [5.74, 6) is 0. The summed E-state index contributed by atoms with van der Waals surface area (Å²) in [6.07, 6.45) is 11.9. The van der Waals surface area contributed by atoms with Crippen LogP contribution < -0.4 is 15.9 Å². The maximum Gasteiger partial charge on any atom is 0.101 e. The van der Waals surface area contributed by atoms with E-state index in [4.69, 9.17) is 0 Å². The van der Waals surface area contributed by atoms with Gasteiger partial charge in [-0.3, -0.25) is 0 Å². The van der Waals surface area contributed by atoms with Crippen molar-refractivity contribution in [2.24, 2.45) is 0 Å². The monoisotopic (exact) mass is 705 g/mol. The van der Waals surface area contributed by atoms with Gasteiger partial charge in [0.05, 0.1) is 18.5 Å². The Morgan fingerprint density at radius 3 is 1.08 bits per heavy atom. The van der Waals surface area contributed by atoms with E-state index in [2.05, 4.69) is 123 Å². The normalized spacial score (nSPS) is 28.4. The third-order valence-electron chi connectivity index (χ3n) is 7.99. The smallest absolute Gasteiger partial charge is 0.101 e. The van der Waals surface area contributed by atoms with E-state index in [-0.39, 0.29) is 38.6 Å². The summed E-state index contributed by atoms with van der Waals surface area (Å²) in [4.78, 5) is 13.1. The van der Waals surface area contributed by atoms with E-state index in [1.807, 2.05) is 36.4 Å². The van der Waals surface area contributed by atoms with Gasteiger partial charge in [-0.25, -0.2) is 0 Å². The van der Waals surface area contributed by atoms with Crippen molar-refractivity contribution in [3.63, 3.8) is 0 Å². The molecule has 0 unspecified atom stereocenters. The second-order valence-electron chi connectivity index (χ2n) is 10.1. The summed E-state index contributed by atoms with van der Waals surface area (Å²) >= 11 is 0. The van der Waals surface area contributed by atoms with Crippen LogP contribution in [0, 0.1) is 38.2 Å². The molecule has 3 aromatic carbocycles. The first-order chi connectivity index (χ1) is 18.7. The fourth-order valence-corrected chi connectivity index (χ4v) is 8.79. The van der Waals surface area contributed by atoms with E-state index in [9.17, 15) is 0 Å². The van der Waals surface area contributed by atoms with Crippen LogP contribution in [0.4, 0.5) is 0 Å². The van der Waals surface area contributed by atoms with Crippen molar-refractivity contribution in [3.8, 4) is 0 Å². The quantitative estimate of drug-likeness (QED) is 0.263. The molecule has 7 nitrogen and oxygen atoms in total. The molecule has 39 heavy (non-hydrogen) atoms. The Labute approximate surface area is 241 Å². The number of nitrogens with zero attached hydrogens (tertiary/aromatic N) is 6. The fourth-order valence-electron chi connectivity index (χ4n) is 6.26. The number of rotatable bonds is 0. The molecule has 7 aliphatic heterocycles. The molecule has 0 N–H and O–H groups in total. The van der Waals surface area contributed by atoms with E-state index >= 15 is 4.57 Å². The standard InChI is InChI=1S/C30H21N6OP.Ir/c37-38-25-7-1-4-22(16-25)28-31-10-12-33(19-31)29(23-5-2-8-26(38)17-23)35-14-15-36(21-35)30(34-13-11-32(28)20-34)24-6-3-9-27(38)18-24;/h1-15,19-21,28-30H;/q-6;. The van der Waals surface area contributed by atoms with Crippen LogP contribution in [0.5, 0.6) is 0 Å². The maximum atomic E-state index is 15.6. The number of hydrogen-bond donors (Lipinski definition) is 0. The fraction of sp³-hybridized carbons (Fsp3) is 0.100. The molecule has 0 amide bonds. The summed E-state index contributed by atoms with van der Waals surface area (Å²) in [6, 6.07) is 28.9. The van der Waals surface area contributed by atoms with Crippen molar-refractivity contribution in [1.82, 2.24) is 29.4 Å². The van der Waals surface area contributed by atoms with E-state index in [1.54, 1.807) is 0 Å². The summed E-state index contributed by atoms with van der Waals surface area (Å²) in [7, 11) is -3.36. The molecule has 9 heteroatoms. The summed E-state index contributed by atoms with van der Waals surface area (Å²) in [5.41, 5.74) is 2.79. The van der Waals surface area contributed by atoms with E-state index in [0.29, 0.717) is 15.9 Å². The van der Waals surface area contributed by atoms with Crippen molar-refractivity contribution in [3.05, 3.63) is 147 Å². The predicted octanol–water partition coefficient (Wildman–Crippen LogP) is 3.38. The van der Waals surface area contributed by atoms with Gasteiger partial charge in [0.15, 0.2) is 0 Å². The minimum Gasteiger partial charge on any atom is -0.490 e. The topological polar surface area (TPSA) is 36.5 Å². The Bertz CT molecular complexity index is 1410. The van der Waals surface area contributed by atoms with Crippen LogP contribution in [0.15, 0.2) is 91.8 Å². The van der Waals surface area contributed by atoms with Gasteiger partial charge in [0.2, 0.25) is 0 Å². The Balaban J connectivity index is 0.00000235. The minimum atomic E-state index is -3.36. The molecule has 0 saturated carbocycles. The van der Waals surface area contributed by atoms with Gasteiger partial charge >= 0.3 is 0 Å². The molecular weight excluding hydrogens is 684 g/mol. The average Bonchev–Trinajstić information content (AvgIpc) is 3.72. The van der Waals surface area contributed by atoms with Crippen LogP contribution >= 0.6 is 7.14 Å². The molecular formula is C30H21IrN6OP-6.